The van der Waals surface area contributed by atoms with Crippen LogP contribution in [0.1, 0.15) is 42.9 Å². The number of hydrogen-bond donors (Lipinski definition) is 3. The van der Waals surface area contributed by atoms with E-state index in [9.17, 15) is 4.79 Å². The second kappa shape index (κ2) is 11.2. The lowest BCUT2D eigenvalue weighted by atomic mass is 9.84. The number of nitrogens with one attached hydrogen (secondary N) is 2. The first kappa shape index (κ1) is 24.5. The lowest BCUT2D eigenvalue weighted by Gasteiger charge is -2.29. The van der Waals surface area contributed by atoms with Crippen molar-refractivity contribution in [3.05, 3.63) is 75.7 Å². The number of ether oxygens (including phenoxy) is 2. The van der Waals surface area contributed by atoms with Gasteiger partial charge in [-0.3, -0.25) is 10.2 Å². The van der Waals surface area contributed by atoms with Crippen molar-refractivity contribution in [3.8, 4) is 5.75 Å². The summed E-state index contributed by atoms with van der Waals surface area (Å²) < 4.78 is 11.7. The normalized spacial score (nSPS) is 21.0. The molecule has 2 atom stereocenters. The Labute approximate surface area is 204 Å². The number of nitrogens with zero attached hydrogens (tertiary/aromatic N) is 4. The van der Waals surface area contributed by atoms with Crippen LogP contribution < -0.4 is 15.6 Å². The number of aliphatic imine (C=N–C) groups is 1. The molecule has 1 aliphatic carbocycles. The molecule has 35 heavy (non-hydrogen) atoms. The molecule has 1 amide bonds. The van der Waals surface area contributed by atoms with E-state index in [0.717, 1.165) is 29.5 Å². The van der Waals surface area contributed by atoms with Crippen molar-refractivity contribution in [3.63, 3.8) is 0 Å². The zero-order chi connectivity index (χ0) is 24.7. The van der Waals surface area contributed by atoms with E-state index in [0.29, 0.717) is 24.7 Å². The van der Waals surface area contributed by atoms with Crippen LogP contribution in [0.25, 0.3) is 10.4 Å². The minimum Gasteiger partial charge on any atom is -0.494 e. The first-order chi connectivity index (χ1) is 17.1. The molecule has 1 heterocycles. The molecule has 3 N–H and O–H groups in total. The monoisotopic (exact) mass is 478 g/mol. The van der Waals surface area contributed by atoms with Crippen molar-refractivity contribution >= 4 is 11.8 Å². The van der Waals surface area contributed by atoms with Crippen molar-refractivity contribution in [1.82, 2.24) is 10.9 Å². The van der Waals surface area contributed by atoms with Crippen LogP contribution in [0.2, 0.25) is 0 Å². The van der Waals surface area contributed by atoms with E-state index in [4.69, 9.17) is 25.1 Å². The highest BCUT2D eigenvalue weighted by Gasteiger charge is 2.51. The van der Waals surface area contributed by atoms with Gasteiger partial charge in [-0.25, -0.2) is 10.4 Å². The maximum absolute atomic E-state index is 13.5. The first-order valence-electron chi connectivity index (χ1n) is 11.8. The van der Waals surface area contributed by atoms with Crippen LogP contribution in [0.15, 0.2) is 58.6 Å². The average Bonchev–Trinajstić information content (AvgIpc) is 3.65. The lowest BCUT2D eigenvalue weighted by Crippen LogP contribution is -2.56. The molecule has 0 saturated heterocycles. The van der Waals surface area contributed by atoms with E-state index in [1.54, 1.807) is 0 Å². The van der Waals surface area contributed by atoms with Gasteiger partial charge in [-0.2, -0.15) is 0 Å². The molecule has 0 unspecified atom stereocenters. The number of amides is 1. The second-order valence-corrected chi connectivity index (χ2v) is 8.76. The number of carbonyl (C=O) groups excluding carboxylic acids is 1. The number of aliphatic hydroxyl groups excluding tert-OH is 1. The molecular weight excluding hydrogens is 448 g/mol. The van der Waals surface area contributed by atoms with Crippen molar-refractivity contribution in [2.75, 3.05) is 13.2 Å². The summed E-state index contributed by atoms with van der Waals surface area (Å²) in [5, 5.41) is 12.6. The summed E-state index contributed by atoms with van der Waals surface area (Å²) in [6.07, 6.45) is 2.36. The van der Waals surface area contributed by atoms with Crippen molar-refractivity contribution in [2.24, 2.45) is 10.1 Å². The van der Waals surface area contributed by atoms with E-state index in [2.05, 4.69) is 20.9 Å². The third-order valence-corrected chi connectivity index (χ3v) is 6.18. The van der Waals surface area contributed by atoms with E-state index in [1.165, 1.54) is 0 Å². The maximum atomic E-state index is 13.5. The van der Waals surface area contributed by atoms with E-state index in [-0.39, 0.29) is 31.5 Å². The summed E-state index contributed by atoms with van der Waals surface area (Å²) in [4.78, 5) is 21.3. The number of aliphatic hydroxyl groups is 1. The van der Waals surface area contributed by atoms with Crippen molar-refractivity contribution in [1.29, 1.82) is 0 Å². The number of carbonyl (C=O) groups is 1. The standard InChI is InChI=1S/C25H30N6O4/c1-17-25(24(33)30-29-21-9-10-21,15-19-5-2-3-6-20(19)16-27-31-26)28-23(35-17)18-7-11-22(12-8-18)34-14-4-13-32/h2-3,5-8,11-12,17,21,29,32H,4,9-10,13-16H2,1H3,(H,30,33)/t17-,25-/m0/s1. The van der Waals surface area contributed by atoms with Gasteiger partial charge >= 0.3 is 0 Å². The Hall–Kier alpha value is -3.59. The van der Waals surface area contributed by atoms with Crippen LogP contribution in [-0.2, 0) is 22.5 Å². The predicted molar refractivity (Wildman–Crippen MR) is 131 cm³/mol. The highest BCUT2D eigenvalue weighted by atomic mass is 16.5. The molecule has 2 aromatic carbocycles. The van der Waals surface area contributed by atoms with Gasteiger partial charge in [0.25, 0.3) is 5.91 Å². The zero-order valence-electron chi connectivity index (χ0n) is 19.7. The topological polar surface area (TPSA) is 141 Å². The molecule has 1 fully saturated rings. The van der Waals surface area contributed by atoms with E-state index in [1.807, 2.05) is 55.5 Å². The molecule has 1 saturated carbocycles. The molecule has 0 radical (unpaired) electrons. The van der Waals surface area contributed by atoms with Gasteiger partial charge in [-0.05, 0) is 60.7 Å². The lowest BCUT2D eigenvalue weighted by molar-refractivity contribution is -0.129. The van der Waals surface area contributed by atoms with Crippen LogP contribution in [0, 0.1) is 0 Å². The summed E-state index contributed by atoms with van der Waals surface area (Å²) in [6.45, 7) is 2.53. The fourth-order valence-electron chi connectivity index (χ4n) is 3.93. The molecule has 10 heteroatoms. The zero-order valence-corrected chi connectivity index (χ0v) is 19.7. The van der Waals surface area contributed by atoms with Crippen LogP contribution >= 0.6 is 0 Å². The van der Waals surface area contributed by atoms with Gasteiger partial charge in [0.1, 0.15) is 11.9 Å². The Balaban J connectivity index is 1.62. The predicted octanol–water partition coefficient (Wildman–Crippen LogP) is 3.19. The Morgan fingerprint density at radius 3 is 2.69 bits per heavy atom. The molecule has 10 nitrogen and oxygen atoms in total. The molecule has 184 valence electrons. The molecule has 0 bridgehead atoms. The Morgan fingerprint density at radius 2 is 2.00 bits per heavy atom. The molecule has 2 aliphatic rings. The number of hydrogen-bond acceptors (Lipinski definition) is 7. The average molecular weight is 479 g/mol. The Kier molecular flexibility index (Phi) is 7.87. The van der Waals surface area contributed by atoms with Crippen LogP contribution in [-0.4, -0.2) is 47.8 Å². The Bertz CT molecular complexity index is 1110. The third kappa shape index (κ3) is 5.92. The fourth-order valence-corrected chi connectivity index (χ4v) is 3.93. The summed E-state index contributed by atoms with van der Waals surface area (Å²) in [5.41, 5.74) is 15.9. The SMILES string of the molecule is C[C@@H]1OC(c2ccc(OCCCO)cc2)=N[C@]1(Cc1ccccc1CN=[N+]=[N-])C(=O)NNC1CC1. The smallest absolute Gasteiger partial charge is 0.266 e. The number of benzene rings is 2. The maximum Gasteiger partial charge on any atom is 0.266 e. The van der Waals surface area contributed by atoms with Gasteiger partial charge in [0.2, 0.25) is 5.90 Å². The number of hydrazine groups is 1. The second-order valence-electron chi connectivity index (χ2n) is 8.76. The Morgan fingerprint density at radius 1 is 1.26 bits per heavy atom. The van der Waals surface area contributed by atoms with Crippen LogP contribution in [0.4, 0.5) is 0 Å². The van der Waals surface area contributed by atoms with E-state index < -0.39 is 11.6 Å². The summed E-state index contributed by atoms with van der Waals surface area (Å²) >= 11 is 0. The fraction of sp³-hybridized carbons (Fsp3) is 0.440. The molecule has 0 spiro atoms. The highest BCUT2D eigenvalue weighted by molar-refractivity contribution is 6.00. The third-order valence-electron chi connectivity index (χ3n) is 6.18. The number of azide groups is 1. The summed E-state index contributed by atoms with van der Waals surface area (Å²) in [6, 6.07) is 15.2. The summed E-state index contributed by atoms with van der Waals surface area (Å²) in [5.74, 6) is 0.793. The molecule has 2 aromatic rings. The summed E-state index contributed by atoms with van der Waals surface area (Å²) in [7, 11) is 0. The van der Waals surface area contributed by atoms with Gasteiger partial charge in [0, 0.05) is 36.0 Å². The van der Waals surface area contributed by atoms with Gasteiger partial charge in [0.15, 0.2) is 5.54 Å². The van der Waals surface area contributed by atoms with Gasteiger partial charge in [0.05, 0.1) is 13.2 Å². The quantitative estimate of drug-likeness (QED) is 0.141. The molecule has 1 aliphatic heterocycles. The van der Waals surface area contributed by atoms with Crippen molar-refractivity contribution < 1.29 is 19.4 Å². The molecular formula is C25H30N6O4. The van der Waals surface area contributed by atoms with Gasteiger partial charge < -0.3 is 14.6 Å². The van der Waals surface area contributed by atoms with Gasteiger partial charge in [-0.1, -0.05) is 29.4 Å². The minimum absolute atomic E-state index is 0.0758. The minimum atomic E-state index is -1.21. The van der Waals surface area contributed by atoms with Crippen molar-refractivity contribution in [2.45, 2.75) is 56.8 Å². The number of rotatable bonds is 12. The van der Waals surface area contributed by atoms with Crippen LogP contribution in [0.5, 0.6) is 5.75 Å². The van der Waals surface area contributed by atoms with Gasteiger partial charge in [-0.15, -0.1) is 0 Å². The highest BCUT2D eigenvalue weighted by Crippen LogP contribution is 2.34. The molecule has 0 aromatic heterocycles. The molecule has 4 rings (SSSR count). The first-order valence-corrected chi connectivity index (χ1v) is 11.8. The largest absolute Gasteiger partial charge is 0.494 e. The van der Waals surface area contributed by atoms with Crippen LogP contribution in [0.3, 0.4) is 0 Å². The van der Waals surface area contributed by atoms with E-state index >= 15 is 0 Å².